The lowest BCUT2D eigenvalue weighted by atomic mass is 9.97. The Morgan fingerprint density at radius 3 is 2.70 bits per heavy atom. The van der Waals surface area contributed by atoms with Crippen LogP contribution in [0, 0.1) is 5.92 Å². The molecule has 1 N–H and O–H groups in total. The fourth-order valence-electron chi connectivity index (χ4n) is 2.37. The van der Waals surface area contributed by atoms with Gasteiger partial charge in [0, 0.05) is 25.8 Å². The standard InChI is InChI=1S/C15H22N2O3/c1-11(2)20-10-12-6-8-17(9-7-12)15(19)13-4-3-5-14(18)16-13/h3-5,11-12H,6-10H2,1-2H3,(H,16,18). The van der Waals surface area contributed by atoms with E-state index in [2.05, 4.69) is 4.98 Å². The molecule has 20 heavy (non-hydrogen) atoms. The van der Waals surface area contributed by atoms with Crippen molar-refractivity contribution in [3.8, 4) is 0 Å². The van der Waals surface area contributed by atoms with Crippen LogP contribution in [0.4, 0.5) is 0 Å². The van der Waals surface area contributed by atoms with Gasteiger partial charge in [0.05, 0.1) is 6.10 Å². The highest BCUT2D eigenvalue weighted by atomic mass is 16.5. The van der Waals surface area contributed by atoms with E-state index in [0.29, 0.717) is 11.6 Å². The van der Waals surface area contributed by atoms with Gasteiger partial charge < -0.3 is 14.6 Å². The number of aromatic amines is 1. The maximum absolute atomic E-state index is 12.2. The molecule has 5 heteroatoms. The van der Waals surface area contributed by atoms with Crippen molar-refractivity contribution in [1.82, 2.24) is 9.88 Å². The topological polar surface area (TPSA) is 62.4 Å². The molecule has 0 aromatic carbocycles. The lowest BCUT2D eigenvalue weighted by molar-refractivity contribution is 0.0285. The van der Waals surface area contributed by atoms with Crippen LogP contribution in [-0.2, 0) is 4.74 Å². The van der Waals surface area contributed by atoms with E-state index >= 15 is 0 Å². The molecule has 0 bridgehead atoms. The molecule has 1 aromatic rings. The number of piperidine rings is 1. The van der Waals surface area contributed by atoms with Crippen molar-refractivity contribution in [3.63, 3.8) is 0 Å². The van der Waals surface area contributed by atoms with E-state index in [0.717, 1.165) is 32.5 Å². The van der Waals surface area contributed by atoms with Crippen molar-refractivity contribution in [3.05, 3.63) is 34.2 Å². The third kappa shape index (κ3) is 3.93. The SMILES string of the molecule is CC(C)OCC1CCN(C(=O)c2cccc(=O)[nH]2)CC1. The molecule has 0 atom stereocenters. The first-order valence-electron chi connectivity index (χ1n) is 7.16. The maximum Gasteiger partial charge on any atom is 0.270 e. The second-order valence-corrected chi connectivity index (χ2v) is 5.55. The van der Waals surface area contributed by atoms with E-state index in [9.17, 15) is 9.59 Å². The minimum absolute atomic E-state index is 0.0917. The third-order valence-electron chi connectivity index (χ3n) is 3.57. The number of amides is 1. The van der Waals surface area contributed by atoms with Gasteiger partial charge in [-0.15, -0.1) is 0 Å². The summed E-state index contributed by atoms with van der Waals surface area (Å²) in [4.78, 5) is 27.9. The molecule has 1 saturated heterocycles. The summed E-state index contributed by atoms with van der Waals surface area (Å²) in [5, 5.41) is 0. The lowest BCUT2D eigenvalue weighted by Gasteiger charge is -2.32. The summed E-state index contributed by atoms with van der Waals surface area (Å²) < 4.78 is 5.63. The second kappa shape index (κ2) is 6.70. The monoisotopic (exact) mass is 278 g/mol. The molecule has 1 fully saturated rings. The highest BCUT2D eigenvalue weighted by Gasteiger charge is 2.24. The van der Waals surface area contributed by atoms with Gasteiger partial charge in [0.2, 0.25) is 5.56 Å². The summed E-state index contributed by atoms with van der Waals surface area (Å²) in [6.07, 6.45) is 2.16. The average Bonchev–Trinajstić information content (AvgIpc) is 2.45. The Labute approximate surface area is 118 Å². The van der Waals surface area contributed by atoms with Gasteiger partial charge in [-0.1, -0.05) is 6.07 Å². The van der Waals surface area contributed by atoms with Gasteiger partial charge in [0.15, 0.2) is 0 Å². The zero-order valence-corrected chi connectivity index (χ0v) is 12.1. The molecular weight excluding hydrogens is 256 g/mol. The van der Waals surface area contributed by atoms with E-state index in [1.807, 2.05) is 13.8 Å². The number of nitrogens with zero attached hydrogens (tertiary/aromatic N) is 1. The van der Waals surface area contributed by atoms with Crippen molar-refractivity contribution in [2.45, 2.75) is 32.8 Å². The number of nitrogens with one attached hydrogen (secondary N) is 1. The van der Waals surface area contributed by atoms with Crippen molar-refractivity contribution in [1.29, 1.82) is 0 Å². The van der Waals surface area contributed by atoms with E-state index in [1.165, 1.54) is 6.07 Å². The van der Waals surface area contributed by atoms with Crippen molar-refractivity contribution < 1.29 is 9.53 Å². The van der Waals surface area contributed by atoms with E-state index in [4.69, 9.17) is 4.74 Å². The molecular formula is C15H22N2O3. The summed E-state index contributed by atoms with van der Waals surface area (Å²) >= 11 is 0. The van der Waals surface area contributed by atoms with E-state index in [1.54, 1.807) is 17.0 Å². The molecule has 0 radical (unpaired) electrons. The van der Waals surface area contributed by atoms with Crippen LogP contribution in [0.15, 0.2) is 23.0 Å². The molecule has 1 amide bonds. The summed E-state index contributed by atoms with van der Waals surface area (Å²) in [7, 11) is 0. The van der Waals surface area contributed by atoms with Gasteiger partial charge in [0.25, 0.3) is 5.91 Å². The number of ether oxygens (including phenoxy) is 1. The number of H-pyrrole nitrogens is 1. The number of pyridine rings is 1. The van der Waals surface area contributed by atoms with Gasteiger partial charge in [-0.05, 0) is 38.7 Å². The first kappa shape index (κ1) is 14.8. The molecule has 1 aromatic heterocycles. The minimum Gasteiger partial charge on any atom is -0.379 e. The van der Waals surface area contributed by atoms with Crippen LogP contribution in [0.5, 0.6) is 0 Å². The number of hydrogen-bond acceptors (Lipinski definition) is 3. The molecule has 5 nitrogen and oxygen atoms in total. The minimum atomic E-state index is -0.240. The first-order chi connectivity index (χ1) is 9.56. The quantitative estimate of drug-likeness (QED) is 0.911. The normalized spacial score (nSPS) is 16.6. The highest BCUT2D eigenvalue weighted by molar-refractivity contribution is 5.92. The van der Waals surface area contributed by atoms with Gasteiger partial charge in [-0.3, -0.25) is 9.59 Å². The van der Waals surface area contributed by atoms with Crippen LogP contribution in [0.3, 0.4) is 0 Å². The second-order valence-electron chi connectivity index (χ2n) is 5.55. The van der Waals surface area contributed by atoms with Crippen molar-refractivity contribution in [2.75, 3.05) is 19.7 Å². The Balaban J connectivity index is 1.87. The fraction of sp³-hybridized carbons (Fsp3) is 0.600. The number of likely N-dealkylation sites (tertiary alicyclic amines) is 1. The van der Waals surface area contributed by atoms with Gasteiger partial charge in [-0.2, -0.15) is 0 Å². The largest absolute Gasteiger partial charge is 0.379 e. The number of carbonyl (C=O) groups excluding carboxylic acids is 1. The van der Waals surface area contributed by atoms with Gasteiger partial charge >= 0.3 is 0 Å². The number of aromatic nitrogens is 1. The molecule has 0 aliphatic carbocycles. The molecule has 1 aliphatic rings. The number of rotatable bonds is 4. The first-order valence-corrected chi connectivity index (χ1v) is 7.16. The zero-order chi connectivity index (χ0) is 14.5. The molecule has 2 rings (SSSR count). The Morgan fingerprint density at radius 2 is 2.10 bits per heavy atom. The average molecular weight is 278 g/mol. The van der Waals surface area contributed by atoms with Crippen LogP contribution in [0.2, 0.25) is 0 Å². The molecule has 0 spiro atoms. The van der Waals surface area contributed by atoms with Gasteiger partial charge in [0.1, 0.15) is 5.69 Å². The predicted molar refractivity (Wildman–Crippen MR) is 76.8 cm³/mol. The molecule has 110 valence electrons. The Kier molecular flexibility index (Phi) is 4.95. The Bertz CT molecular complexity index is 502. The van der Waals surface area contributed by atoms with Crippen LogP contribution >= 0.6 is 0 Å². The van der Waals surface area contributed by atoms with E-state index in [-0.39, 0.29) is 17.6 Å². The zero-order valence-electron chi connectivity index (χ0n) is 12.1. The molecule has 0 saturated carbocycles. The summed E-state index contributed by atoms with van der Waals surface area (Å²) in [5.41, 5.74) is 0.130. The molecule has 1 aliphatic heterocycles. The predicted octanol–water partition coefficient (Wildman–Crippen LogP) is 1.65. The van der Waals surface area contributed by atoms with Crippen LogP contribution in [-0.4, -0.2) is 41.6 Å². The van der Waals surface area contributed by atoms with Crippen molar-refractivity contribution in [2.24, 2.45) is 5.92 Å². The molecule has 2 heterocycles. The summed E-state index contributed by atoms with van der Waals surface area (Å²) in [6.45, 7) is 6.28. The summed E-state index contributed by atoms with van der Waals surface area (Å²) in [6, 6.07) is 4.67. The maximum atomic E-state index is 12.2. The highest BCUT2D eigenvalue weighted by Crippen LogP contribution is 2.19. The summed E-state index contributed by atoms with van der Waals surface area (Å²) in [5.74, 6) is 0.433. The smallest absolute Gasteiger partial charge is 0.270 e. The lowest BCUT2D eigenvalue weighted by Crippen LogP contribution is -2.40. The van der Waals surface area contributed by atoms with Crippen LogP contribution in [0.25, 0.3) is 0 Å². The van der Waals surface area contributed by atoms with Crippen LogP contribution < -0.4 is 5.56 Å². The number of hydrogen-bond donors (Lipinski definition) is 1. The Morgan fingerprint density at radius 1 is 1.40 bits per heavy atom. The van der Waals surface area contributed by atoms with E-state index < -0.39 is 0 Å². The van der Waals surface area contributed by atoms with Crippen molar-refractivity contribution >= 4 is 5.91 Å². The molecule has 0 unspecified atom stereocenters. The fourth-order valence-corrected chi connectivity index (χ4v) is 2.37. The Hall–Kier alpha value is -1.62. The van der Waals surface area contributed by atoms with Gasteiger partial charge in [-0.25, -0.2) is 0 Å². The van der Waals surface area contributed by atoms with Crippen LogP contribution in [0.1, 0.15) is 37.2 Å². The third-order valence-corrected chi connectivity index (χ3v) is 3.57. The number of carbonyl (C=O) groups is 1.